The molecule has 4 aromatic heterocycles. The summed E-state index contributed by atoms with van der Waals surface area (Å²) in [5.74, 6) is 1.68. The largest absolute Gasteiger partial charge is 0.480 e. The van der Waals surface area contributed by atoms with Crippen molar-refractivity contribution < 1.29 is 13.9 Å². The van der Waals surface area contributed by atoms with E-state index in [2.05, 4.69) is 27.2 Å². The van der Waals surface area contributed by atoms with Crippen molar-refractivity contribution in [1.29, 1.82) is 0 Å². The molecule has 1 unspecified atom stereocenters. The first-order chi connectivity index (χ1) is 15.3. The number of hydrogen-bond donors (Lipinski definition) is 1. The molecule has 0 saturated heterocycles. The summed E-state index contributed by atoms with van der Waals surface area (Å²) in [6, 6.07) is 17.4. The molecule has 0 radical (unpaired) electrons. The minimum Gasteiger partial charge on any atom is -0.480 e. The fourth-order valence-corrected chi connectivity index (χ4v) is 3.54. The third-order valence-corrected chi connectivity index (χ3v) is 5.18. The Balaban J connectivity index is 1.45. The van der Waals surface area contributed by atoms with Crippen LogP contribution in [0.1, 0.15) is 11.5 Å². The molecule has 5 aromatic rings. The number of pyridine rings is 1. The number of aromatic nitrogens is 4. The van der Waals surface area contributed by atoms with E-state index in [0.717, 1.165) is 10.9 Å². The number of furan rings is 1. The van der Waals surface area contributed by atoms with Crippen LogP contribution in [-0.2, 0) is 0 Å². The SMILES string of the molecule is COc1nccc2oc(-c3cnc4ccc(OCC(CN)c5ccccc5)nn34)cc12. The molecule has 1 atom stereocenters. The Labute approximate surface area is 178 Å². The maximum atomic E-state index is 6.00. The second-order valence-electron chi connectivity index (χ2n) is 7.08. The van der Waals surface area contributed by atoms with E-state index >= 15 is 0 Å². The highest BCUT2D eigenvalue weighted by Gasteiger charge is 2.16. The van der Waals surface area contributed by atoms with E-state index in [1.165, 1.54) is 0 Å². The second kappa shape index (κ2) is 8.08. The average Bonchev–Trinajstić information content (AvgIpc) is 3.43. The van der Waals surface area contributed by atoms with Gasteiger partial charge >= 0.3 is 0 Å². The molecule has 0 aliphatic rings. The smallest absolute Gasteiger partial charge is 0.231 e. The van der Waals surface area contributed by atoms with Gasteiger partial charge in [0.05, 0.1) is 25.3 Å². The van der Waals surface area contributed by atoms with E-state index < -0.39 is 0 Å². The van der Waals surface area contributed by atoms with E-state index in [1.54, 1.807) is 36.2 Å². The highest BCUT2D eigenvalue weighted by atomic mass is 16.5. The number of rotatable bonds is 7. The number of ether oxygens (including phenoxy) is 2. The summed E-state index contributed by atoms with van der Waals surface area (Å²) in [4.78, 5) is 8.65. The van der Waals surface area contributed by atoms with Crippen molar-refractivity contribution >= 4 is 16.6 Å². The van der Waals surface area contributed by atoms with Gasteiger partial charge in [-0.1, -0.05) is 30.3 Å². The minimum absolute atomic E-state index is 0.0799. The van der Waals surface area contributed by atoms with Gasteiger partial charge in [-0.3, -0.25) is 0 Å². The fourth-order valence-electron chi connectivity index (χ4n) is 3.54. The molecule has 31 heavy (non-hydrogen) atoms. The lowest BCUT2D eigenvalue weighted by Gasteiger charge is -2.15. The van der Waals surface area contributed by atoms with Crippen molar-refractivity contribution in [3.8, 4) is 23.2 Å². The normalized spacial score (nSPS) is 12.3. The van der Waals surface area contributed by atoms with Gasteiger partial charge < -0.3 is 19.6 Å². The summed E-state index contributed by atoms with van der Waals surface area (Å²) in [5, 5.41) is 5.40. The first kappa shape index (κ1) is 19.1. The molecule has 0 amide bonds. The van der Waals surface area contributed by atoms with E-state index in [9.17, 15) is 0 Å². The van der Waals surface area contributed by atoms with Crippen LogP contribution < -0.4 is 15.2 Å². The summed E-state index contributed by atoms with van der Waals surface area (Å²) in [6.07, 6.45) is 3.37. The summed E-state index contributed by atoms with van der Waals surface area (Å²) in [7, 11) is 1.58. The van der Waals surface area contributed by atoms with Crippen LogP contribution in [0, 0.1) is 0 Å². The first-order valence-corrected chi connectivity index (χ1v) is 9.92. The molecule has 0 aliphatic carbocycles. The predicted octanol–water partition coefficient (Wildman–Crippen LogP) is 3.67. The molecule has 8 heteroatoms. The number of imidazole rings is 1. The standard InChI is InChI=1S/C23H21N5O3/c1-29-23-17-11-20(31-19(17)9-10-25-23)18-13-26-21-7-8-22(27-28(18)21)30-14-16(12-24)15-5-3-2-4-6-15/h2-11,13,16H,12,14,24H2,1H3. The molecule has 0 bridgehead atoms. The Hall–Kier alpha value is -3.91. The van der Waals surface area contributed by atoms with E-state index in [0.29, 0.717) is 47.6 Å². The quantitative estimate of drug-likeness (QED) is 0.433. The van der Waals surface area contributed by atoms with Crippen LogP contribution in [0.5, 0.6) is 11.8 Å². The molecule has 1 aromatic carbocycles. The van der Waals surface area contributed by atoms with Crippen LogP contribution in [0.25, 0.3) is 28.1 Å². The topological polar surface area (TPSA) is 101 Å². The zero-order chi connectivity index (χ0) is 21.2. The van der Waals surface area contributed by atoms with E-state index in [-0.39, 0.29) is 5.92 Å². The van der Waals surface area contributed by atoms with Crippen molar-refractivity contribution in [2.45, 2.75) is 5.92 Å². The van der Waals surface area contributed by atoms with Crippen LogP contribution in [0.4, 0.5) is 0 Å². The van der Waals surface area contributed by atoms with Crippen molar-refractivity contribution in [3.63, 3.8) is 0 Å². The van der Waals surface area contributed by atoms with Gasteiger partial charge in [-0.05, 0) is 17.7 Å². The van der Waals surface area contributed by atoms with Gasteiger partial charge in [0.15, 0.2) is 11.4 Å². The number of benzene rings is 1. The van der Waals surface area contributed by atoms with Gasteiger partial charge in [0, 0.05) is 30.8 Å². The fraction of sp³-hybridized carbons (Fsp3) is 0.174. The number of methoxy groups -OCH3 is 1. The molecule has 8 nitrogen and oxygen atoms in total. The van der Waals surface area contributed by atoms with Gasteiger partial charge in [-0.25, -0.2) is 14.5 Å². The van der Waals surface area contributed by atoms with Crippen molar-refractivity contribution in [2.75, 3.05) is 20.3 Å². The summed E-state index contributed by atoms with van der Waals surface area (Å²) in [6.45, 7) is 0.911. The number of nitrogens with zero attached hydrogens (tertiary/aromatic N) is 4. The molecule has 0 aliphatic heterocycles. The number of nitrogens with two attached hydrogens (primary N) is 1. The molecule has 0 saturated carbocycles. The zero-order valence-corrected chi connectivity index (χ0v) is 16.9. The average molecular weight is 415 g/mol. The molecule has 2 N–H and O–H groups in total. The van der Waals surface area contributed by atoms with Gasteiger partial charge in [0.2, 0.25) is 11.8 Å². The van der Waals surface area contributed by atoms with Crippen LogP contribution in [0.2, 0.25) is 0 Å². The highest BCUT2D eigenvalue weighted by molar-refractivity contribution is 5.86. The summed E-state index contributed by atoms with van der Waals surface area (Å²) >= 11 is 0. The monoisotopic (exact) mass is 415 g/mol. The van der Waals surface area contributed by atoms with Crippen LogP contribution >= 0.6 is 0 Å². The zero-order valence-electron chi connectivity index (χ0n) is 16.9. The van der Waals surface area contributed by atoms with Gasteiger partial charge in [-0.2, -0.15) is 0 Å². The van der Waals surface area contributed by atoms with Crippen molar-refractivity contribution in [1.82, 2.24) is 19.6 Å². The predicted molar refractivity (Wildman–Crippen MR) is 116 cm³/mol. The van der Waals surface area contributed by atoms with Gasteiger partial charge in [-0.15, -0.1) is 5.10 Å². The molecule has 0 fully saturated rings. The van der Waals surface area contributed by atoms with Gasteiger partial charge in [0.25, 0.3) is 0 Å². The molecule has 0 spiro atoms. The molecular formula is C23H21N5O3. The Bertz CT molecular complexity index is 1330. The Morgan fingerprint density at radius 2 is 1.97 bits per heavy atom. The summed E-state index contributed by atoms with van der Waals surface area (Å²) in [5.41, 5.74) is 9.17. The lowest BCUT2D eigenvalue weighted by molar-refractivity contribution is 0.276. The first-order valence-electron chi connectivity index (χ1n) is 9.92. The molecular weight excluding hydrogens is 394 g/mol. The van der Waals surface area contributed by atoms with Crippen LogP contribution in [-0.4, -0.2) is 39.8 Å². The number of hydrogen-bond acceptors (Lipinski definition) is 7. The minimum atomic E-state index is 0.0799. The van der Waals surface area contributed by atoms with Crippen molar-refractivity contribution in [2.24, 2.45) is 5.73 Å². The van der Waals surface area contributed by atoms with E-state index in [4.69, 9.17) is 19.6 Å². The maximum Gasteiger partial charge on any atom is 0.231 e. The van der Waals surface area contributed by atoms with E-state index in [1.807, 2.05) is 30.3 Å². The lowest BCUT2D eigenvalue weighted by Crippen LogP contribution is -2.20. The Kier molecular flexibility index (Phi) is 4.97. The van der Waals surface area contributed by atoms with Crippen LogP contribution in [0.15, 0.2) is 71.4 Å². The van der Waals surface area contributed by atoms with Gasteiger partial charge in [0.1, 0.15) is 11.3 Å². The Morgan fingerprint density at radius 3 is 2.77 bits per heavy atom. The molecule has 156 valence electrons. The molecule has 4 heterocycles. The maximum absolute atomic E-state index is 6.00. The Morgan fingerprint density at radius 1 is 1.10 bits per heavy atom. The summed E-state index contributed by atoms with van der Waals surface area (Å²) < 4.78 is 19.0. The third-order valence-electron chi connectivity index (χ3n) is 5.18. The molecule has 5 rings (SSSR count). The highest BCUT2D eigenvalue weighted by Crippen LogP contribution is 2.32. The number of fused-ring (bicyclic) bond motifs is 2. The second-order valence-corrected chi connectivity index (χ2v) is 7.08. The van der Waals surface area contributed by atoms with Crippen LogP contribution in [0.3, 0.4) is 0 Å². The third kappa shape index (κ3) is 3.57. The van der Waals surface area contributed by atoms with Crippen molar-refractivity contribution in [3.05, 3.63) is 72.6 Å². The lowest BCUT2D eigenvalue weighted by atomic mass is 10.0.